The third-order valence-electron chi connectivity index (χ3n) is 4.85. The summed E-state index contributed by atoms with van der Waals surface area (Å²) in [5.74, 6) is 0.630. The van der Waals surface area contributed by atoms with Crippen molar-refractivity contribution in [3.8, 4) is 5.75 Å². The SMILES string of the molecule is O=C(NCC1CCOCC1)NC1CCCc2cc(OC(F)F)ccc21. The molecule has 1 aromatic carbocycles. The Labute approximate surface area is 146 Å². The number of urea groups is 1. The minimum Gasteiger partial charge on any atom is -0.435 e. The third-order valence-corrected chi connectivity index (χ3v) is 4.85. The van der Waals surface area contributed by atoms with Crippen LogP contribution in [0.15, 0.2) is 18.2 Å². The van der Waals surface area contributed by atoms with E-state index in [1.807, 2.05) is 0 Å². The fraction of sp³-hybridized carbons (Fsp3) is 0.611. The van der Waals surface area contributed by atoms with Gasteiger partial charge in [-0.3, -0.25) is 0 Å². The number of amides is 2. The molecule has 1 saturated heterocycles. The van der Waals surface area contributed by atoms with Crippen LogP contribution in [0.3, 0.4) is 0 Å². The van der Waals surface area contributed by atoms with Crippen LogP contribution in [-0.2, 0) is 11.2 Å². The molecule has 25 heavy (non-hydrogen) atoms. The van der Waals surface area contributed by atoms with Gasteiger partial charge in [0.1, 0.15) is 5.75 Å². The van der Waals surface area contributed by atoms with Gasteiger partial charge in [-0.1, -0.05) is 6.07 Å². The van der Waals surface area contributed by atoms with E-state index in [1.54, 1.807) is 12.1 Å². The predicted molar refractivity (Wildman–Crippen MR) is 88.8 cm³/mol. The molecule has 1 aliphatic heterocycles. The molecule has 3 rings (SSSR count). The molecule has 7 heteroatoms. The van der Waals surface area contributed by atoms with Gasteiger partial charge >= 0.3 is 12.6 Å². The van der Waals surface area contributed by atoms with Gasteiger partial charge in [0, 0.05) is 19.8 Å². The van der Waals surface area contributed by atoms with Gasteiger partial charge < -0.3 is 20.1 Å². The number of ether oxygens (including phenoxy) is 2. The monoisotopic (exact) mass is 354 g/mol. The Balaban J connectivity index is 1.55. The maximum absolute atomic E-state index is 12.3. The molecule has 2 N–H and O–H groups in total. The lowest BCUT2D eigenvalue weighted by Gasteiger charge is -2.28. The van der Waals surface area contributed by atoms with Crippen molar-refractivity contribution in [3.05, 3.63) is 29.3 Å². The molecule has 0 spiro atoms. The van der Waals surface area contributed by atoms with E-state index in [9.17, 15) is 13.6 Å². The molecular formula is C18H24F2N2O3. The molecule has 0 radical (unpaired) electrons. The van der Waals surface area contributed by atoms with Crippen LogP contribution in [0.4, 0.5) is 13.6 Å². The third kappa shape index (κ3) is 5.04. The van der Waals surface area contributed by atoms with Crippen LogP contribution in [0.1, 0.15) is 42.9 Å². The maximum Gasteiger partial charge on any atom is 0.387 e. The topological polar surface area (TPSA) is 59.6 Å². The average molecular weight is 354 g/mol. The molecule has 1 atom stereocenters. The van der Waals surface area contributed by atoms with Gasteiger partial charge in [0.15, 0.2) is 0 Å². The summed E-state index contributed by atoms with van der Waals surface area (Å²) in [5, 5.41) is 5.94. The summed E-state index contributed by atoms with van der Waals surface area (Å²) in [6.45, 7) is -0.665. The molecule has 138 valence electrons. The first-order valence-electron chi connectivity index (χ1n) is 8.81. The first-order valence-corrected chi connectivity index (χ1v) is 8.81. The zero-order chi connectivity index (χ0) is 17.6. The first kappa shape index (κ1) is 17.9. The largest absolute Gasteiger partial charge is 0.435 e. The van der Waals surface area contributed by atoms with Gasteiger partial charge in [0.25, 0.3) is 0 Å². The van der Waals surface area contributed by atoms with Gasteiger partial charge in [-0.15, -0.1) is 0 Å². The molecule has 0 bridgehead atoms. The highest BCUT2D eigenvalue weighted by molar-refractivity contribution is 5.74. The van der Waals surface area contributed by atoms with Crippen molar-refractivity contribution in [1.29, 1.82) is 0 Å². The van der Waals surface area contributed by atoms with E-state index in [4.69, 9.17) is 4.74 Å². The Morgan fingerprint density at radius 1 is 1.28 bits per heavy atom. The zero-order valence-corrected chi connectivity index (χ0v) is 14.1. The normalized spacial score (nSPS) is 20.8. The number of rotatable bonds is 5. The van der Waals surface area contributed by atoms with Crippen molar-refractivity contribution >= 4 is 6.03 Å². The lowest BCUT2D eigenvalue weighted by molar-refractivity contribution is -0.0499. The smallest absolute Gasteiger partial charge is 0.387 e. The molecule has 1 heterocycles. The number of alkyl halides is 2. The van der Waals surface area contributed by atoms with Crippen molar-refractivity contribution < 1.29 is 23.0 Å². The fourth-order valence-electron chi connectivity index (χ4n) is 3.51. The van der Waals surface area contributed by atoms with Crippen LogP contribution < -0.4 is 15.4 Å². The molecule has 2 amide bonds. The van der Waals surface area contributed by atoms with Crippen LogP contribution in [-0.4, -0.2) is 32.4 Å². The summed E-state index contributed by atoms with van der Waals surface area (Å²) in [5.41, 5.74) is 1.94. The van der Waals surface area contributed by atoms with E-state index in [-0.39, 0.29) is 17.8 Å². The number of hydrogen-bond donors (Lipinski definition) is 2. The predicted octanol–water partition coefficient (Wildman–Crippen LogP) is 3.39. The summed E-state index contributed by atoms with van der Waals surface area (Å²) in [4.78, 5) is 12.2. The van der Waals surface area contributed by atoms with E-state index in [2.05, 4.69) is 15.4 Å². The van der Waals surface area contributed by atoms with Gasteiger partial charge in [0.2, 0.25) is 0 Å². The molecule has 0 aromatic heterocycles. The Morgan fingerprint density at radius 3 is 2.84 bits per heavy atom. The molecular weight excluding hydrogens is 330 g/mol. The van der Waals surface area contributed by atoms with Gasteiger partial charge in [-0.25, -0.2) is 4.79 Å². The Kier molecular flexibility index (Phi) is 6.07. The quantitative estimate of drug-likeness (QED) is 0.852. The number of benzene rings is 1. The van der Waals surface area contributed by atoms with Crippen molar-refractivity contribution in [2.24, 2.45) is 5.92 Å². The van der Waals surface area contributed by atoms with Crippen LogP contribution in [0.5, 0.6) is 5.75 Å². The summed E-state index contributed by atoms with van der Waals surface area (Å²) in [6.07, 6.45) is 4.49. The minimum absolute atomic E-state index is 0.0981. The van der Waals surface area contributed by atoms with Gasteiger partial charge in [0.05, 0.1) is 6.04 Å². The minimum atomic E-state index is -2.83. The Morgan fingerprint density at radius 2 is 2.08 bits per heavy atom. The fourth-order valence-corrected chi connectivity index (χ4v) is 3.51. The van der Waals surface area contributed by atoms with Crippen LogP contribution in [0.25, 0.3) is 0 Å². The first-order chi connectivity index (χ1) is 12.1. The van der Waals surface area contributed by atoms with E-state index < -0.39 is 6.61 Å². The van der Waals surface area contributed by atoms with Gasteiger partial charge in [-0.05, 0) is 61.3 Å². The molecule has 1 fully saturated rings. The highest BCUT2D eigenvalue weighted by atomic mass is 19.3. The van der Waals surface area contributed by atoms with Gasteiger partial charge in [-0.2, -0.15) is 8.78 Å². The molecule has 1 aliphatic carbocycles. The Bertz CT molecular complexity index is 592. The number of fused-ring (bicyclic) bond motifs is 1. The average Bonchev–Trinajstić information content (AvgIpc) is 2.60. The van der Waals surface area contributed by atoms with Crippen molar-refractivity contribution in [1.82, 2.24) is 10.6 Å². The van der Waals surface area contributed by atoms with Crippen molar-refractivity contribution in [2.45, 2.75) is 44.8 Å². The van der Waals surface area contributed by atoms with Crippen LogP contribution in [0, 0.1) is 5.92 Å². The lowest BCUT2D eigenvalue weighted by Crippen LogP contribution is -2.41. The molecule has 0 saturated carbocycles. The number of halogens is 2. The maximum atomic E-state index is 12.3. The number of hydrogen-bond acceptors (Lipinski definition) is 3. The van der Waals surface area contributed by atoms with Crippen LogP contribution >= 0.6 is 0 Å². The summed E-state index contributed by atoms with van der Waals surface area (Å²) < 4.78 is 34.5. The standard InChI is InChI=1S/C18H24F2N2O3/c19-17(20)25-14-4-5-15-13(10-14)2-1-3-16(15)22-18(23)21-11-12-6-8-24-9-7-12/h4-5,10,12,16-17H,1-3,6-9,11H2,(H2,21,22,23). The highest BCUT2D eigenvalue weighted by Crippen LogP contribution is 2.32. The molecule has 2 aliphatic rings. The van der Waals surface area contributed by atoms with E-state index >= 15 is 0 Å². The zero-order valence-electron chi connectivity index (χ0n) is 14.1. The summed E-state index contributed by atoms with van der Waals surface area (Å²) >= 11 is 0. The second kappa shape index (κ2) is 8.47. The lowest BCUT2D eigenvalue weighted by atomic mass is 9.87. The second-order valence-electron chi connectivity index (χ2n) is 6.59. The van der Waals surface area contributed by atoms with Crippen LogP contribution in [0.2, 0.25) is 0 Å². The number of aryl methyl sites for hydroxylation is 1. The summed E-state index contributed by atoms with van der Waals surface area (Å²) in [6, 6.07) is 4.67. The highest BCUT2D eigenvalue weighted by Gasteiger charge is 2.23. The molecule has 1 unspecified atom stereocenters. The van der Waals surface area contributed by atoms with Crippen molar-refractivity contribution in [3.63, 3.8) is 0 Å². The second-order valence-corrected chi connectivity index (χ2v) is 6.59. The molecule has 5 nitrogen and oxygen atoms in total. The van der Waals surface area contributed by atoms with E-state index in [1.165, 1.54) is 6.07 Å². The summed E-state index contributed by atoms with van der Waals surface area (Å²) in [7, 11) is 0. The number of carbonyl (C=O) groups excluding carboxylic acids is 1. The van der Waals surface area contributed by atoms with E-state index in [0.29, 0.717) is 12.5 Å². The Hall–Kier alpha value is -1.89. The number of carbonyl (C=O) groups is 1. The molecule has 1 aromatic rings. The number of nitrogens with one attached hydrogen (secondary N) is 2. The van der Waals surface area contributed by atoms with E-state index in [0.717, 1.165) is 56.4 Å². The van der Waals surface area contributed by atoms with Crippen molar-refractivity contribution in [2.75, 3.05) is 19.8 Å².